The maximum Gasteiger partial charge on any atom is 0.312 e. The van der Waals surface area contributed by atoms with Gasteiger partial charge in [0.25, 0.3) is 0 Å². The molecule has 0 bridgehead atoms. The fourth-order valence-corrected chi connectivity index (χ4v) is 4.32. The fraction of sp³-hybridized carbons (Fsp3) is 0.542. The third-order valence-corrected chi connectivity index (χ3v) is 6.25. The van der Waals surface area contributed by atoms with Crippen molar-refractivity contribution in [2.45, 2.75) is 59.3 Å². The Morgan fingerprint density at radius 3 is 2.47 bits per heavy atom. The molecular formula is C24H32N2O4. The van der Waals surface area contributed by atoms with E-state index in [1.165, 1.54) is 5.56 Å². The summed E-state index contributed by atoms with van der Waals surface area (Å²) in [5, 5.41) is 3.93. The minimum absolute atomic E-state index is 0.0612. The molecule has 0 aliphatic carbocycles. The summed E-state index contributed by atoms with van der Waals surface area (Å²) in [6.45, 7) is 7.07. The highest BCUT2D eigenvalue weighted by atomic mass is 16.5. The Labute approximate surface area is 178 Å². The summed E-state index contributed by atoms with van der Waals surface area (Å²) in [5.74, 6) is 0.640. The number of nitrogens with zero attached hydrogens (tertiary/aromatic N) is 2. The van der Waals surface area contributed by atoms with Crippen molar-refractivity contribution in [2.24, 2.45) is 5.41 Å². The van der Waals surface area contributed by atoms with Gasteiger partial charge < -0.3 is 14.2 Å². The molecule has 1 amide bonds. The zero-order chi connectivity index (χ0) is 21.6. The molecule has 3 rings (SSSR count). The topological polar surface area (TPSA) is 72.6 Å². The van der Waals surface area contributed by atoms with Crippen molar-refractivity contribution in [2.75, 3.05) is 19.7 Å². The van der Waals surface area contributed by atoms with Gasteiger partial charge in [-0.3, -0.25) is 9.59 Å². The molecule has 1 saturated heterocycles. The van der Waals surface area contributed by atoms with Crippen LogP contribution in [0.25, 0.3) is 0 Å². The van der Waals surface area contributed by atoms with Gasteiger partial charge in [0.05, 0.1) is 24.1 Å². The van der Waals surface area contributed by atoms with Crippen molar-refractivity contribution in [3.63, 3.8) is 0 Å². The molecular weight excluding hydrogens is 380 g/mol. The molecule has 162 valence electrons. The van der Waals surface area contributed by atoms with Crippen LogP contribution in [0.15, 0.2) is 34.9 Å². The van der Waals surface area contributed by atoms with E-state index in [0.717, 1.165) is 30.5 Å². The number of rotatable bonds is 8. The highest BCUT2D eigenvalue weighted by Gasteiger charge is 2.43. The Kier molecular flexibility index (Phi) is 7.29. The minimum Gasteiger partial charge on any atom is -0.466 e. The van der Waals surface area contributed by atoms with Crippen molar-refractivity contribution in [1.29, 1.82) is 0 Å². The first-order valence-electron chi connectivity index (χ1n) is 10.9. The lowest BCUT2D eigenvalue weighted by atomic mass is 9.74. The van der Waals surface area contributed by atoms with Crippen molar-refractivity contribution in [3.05, 3.63) is 52.9 Å². The average Bonchev–Trinajstić information content (AvgIpc) is 3.07. The van der Waals surface area contributed by atoms with Gasteiger partial charge in [0.1, 0.15) is 5.76 Å². The van der Waals surface area contributed by atoms with Crippen LogP contribution in [-0.2, 0) is 27.2 Å². The Balaban J connectivity index is 1.60. The molecule has 1 aromatic carbocycles. The van der Waals surface area contributed by atoms with Crippen LogP contribution in [0.2, 0.25) is 0 Å². The van der Waals surface area contributed by atoms with E-state index in [4.69, 9.17) is 9.26 Å². The maximum atomic E-state index is 12.8. The van der Waals surface area contributed by atoms with Crippen LogP contribution in [0.4, 0.5) is 0 Å². The molecule has 0 radical (unpaired) electrons. The van der Waals surface area contributed by atoms with Crippen molar-refractivity contribution in [1.82, 2.24) is 10.1 Å². The lowest BCUT2D eigenvalue weighted by Gasteiger charge is -2.40. The molecule has 2 aromatic rings. The minimum atomic E-state index is -0.495. The number of ether oxygens (including phenoxy) is 1. The van der Waals surface area contributed by atoms with Gasteiger partial charge in [-0.25, -0.2) is 0 Å². The molecule has 0 spiro atoms. The SMILES string of the molecule is CCOC(=O)C1(CCCc2ccccc2)CCN(C(=O)Cc2c(C)noc2C)CC1. The van der Waals surface area contributed by atoms with Gasteiger partial charge in [-0.15, -0.1) is 0 Å². The zero-order valence-corrected chi connectivity index (χ0v) is 18.3. The number of hydrogen-bond donors (Lipinski definition) is 0. The molecule has 1 fully saturated rings. The number of hydrogen-bond acceptors (Lipinski definition) is 5. The first-order valence-corrected chi connectivity index (χ1v) is 10.9. The van der Waals surface area contributed by atoms with E-state index in [-0.39, 0.29) is 11.9 Å². The fourth-order valence-electron chi connectivity index (χ4n) is 4.32. The van der Waals surface area contributed by atoms with E-state index in [9.17, 15) is 9.59 Å². The normalized spacial score (nSPS) is 15.8. The van der Waals surface area contributed by atoms with Gasteiger partial charge in [0.15, 0.2) is 0 Å². The number of esters is 1. The molecule has 1 aliphatic heterocycles. The third kappa shape index (κ3) is 5.10. The molecule has 6 nitrogen and oxygen atoms in total. The summed E-state index contributed by atoms with van der Waals surface area (Å²) >= 11 is 0. The van der Waals surface area contributed by atoms with E-state index in [1.807, 2.05) is 43.9 Å². The first kappa shape index (κ1) is 22.1. The molecule has 2 heterocycles. The number of aromatic nitrogens is 1. The van der Waals surface area contributed by atoms with E-state index >= 15 is 0 Å². The van der Waals surface area contributed by atoms with Crippen LogP contribution in [0.1, 0.15) is 55.2 Å². The monoisotopic (exact) mass is 412 g/mol. The molecule has 0 N–H and O–H groups in total. The van der Waals surface area contributed by atoms with Crippen molar-refractivity contribution >= 4 is 11.9 Å². The predicted octanol–water partition coefficient (Wildman–Crippen LogP) is 4.03. The van der Waals surface area contributed by atoms with Crippen LogP contribution in [0, 0.1) is 19.3 Å². The van der Waals surface area contributed by atoms with E-state index in [1.54, 1.807) is 0 Å². The summed E-state index contributed by atoms with van der Waals surface area (Å²) in [6, 6.07) is 10.3. The highest BCUT2D eigenvalue weighted by Crippen LogP contribution is 2.38. The van der Waals surface area contributed by atoms with E-state index in [2.05, 4.69) is 17.3 Å². The summed E-state index contributed by atoms with van der Waals surface area (Å²) < 4.78 is 10.6. The highest BCUT2D eigenvalue weighted by molar-refractivity contribution is 5.81. The number of amides is 1. The summed E-state index contributed by atoms with van der Waals surface area (Å²) in [4.78, 5) is 27.5. The second-order valence-electron chi connectivity index (χ2n) is 8.20. The largest absolute Gasteiger partial charge is 0.466 e. The number of aryl methyl sites for hydroxylation is 3. The Bertz CT molecular complexity index is 832. The average molecular weight is 413 g/mol. The van der Waals surface area contributed by atoms with E-state index < -0.39 is 5.41 Å². The van der Waals surface area contributed by atoms with Gasteiger partial charge >= 0.3 is 5.97 Å². The third-order valence-electron chi connectivity index (χ3n) is 6.25. The maximum absolute atomic E-state index is 12.8. The van der Waals surface area contributed by atoms with Crippen LogP contribution in [-0.4, -0.2) is 41.6 Å². The zero-order valence-electron chi connectivity index (χ0n) is 18.3. The number of carbonyl (C=O) groups is 2. The van der Waals surface area contributed by atoms with Crippen LogP contribution in [0.3, 0.4) is 0 Å². The van der Waals surface area contributed by atoms with E-state index in [0.29, 0.717) is 44.7 Å². The molecule has 6 heteroatoms. The molecule has 1 aromatic heterocycles. The lowest BCUT2D eigenvalue weighted by molar-refractivity contribution is -0.161. The quantitative estimate of drug-likeness (QED) is 0.612. The Morgan fingerprint density at radius 2 is 1.87 bits per heavy atom. The molecule has 0 saturated carbocycles. The van der Waals surface area contributed by atoms with Gasteiger partial charge in [-0.2, -0.15) is 0 Å². The molecule has 0 unspecified atom stereocenters. The number of likely N-dealkylation sites (tertiary alicyclic amines) is 1. The van der Waals surface area contributed by atoms with Crippen molar-refractivity contribution < 1.29 is 18.8 Å². The predicted molar refractivity (Wildman–Crippen MR) is 114 cm³/mol. The second kappa shape index (κ2) is 9.92. The lowest BCUT2D eigenvalue weighted by Crippen LogP contribution is -2.47. The smallest absolute Gasteiger partial charge is 0.312 e. The standard InChI is InChI=1S/C24H32N2O4/c1-4-29-23(28)24(12-8-11-20-9-6-5-7-10-20)13-15-26(16-14-24)22(27)17-21-18(2)25-30-19(21)3/h5-7,9-10H,4,8,11-17H2,1-3H3. The number of benzene rings is 1. The second-order valence-corrected chi connectivity index (χ2v) is 8.20. The van der Waals surface area contributed by atoms with Crippen LogP contribution in [0.5, 0.6) is 0 Å². The van der Waals surface area contributed by atoms with Gasteiger partial charge in [-0.05, 0) is 58.4 Å². The number of carbonyl (C=O) groups excluding carboxylic acids is 2. The molecule has 1 aliphatic rings. The summed E-state index contributed by atoms with van der Waals surface area (Å²) in [6.07, 6.45) is 4.24. The van der Waals surface area contributed by atoms with Crippen LogP contribution < -0.4 is 0 Å². The van der Waals surface area contributed by atoms with Gasteiger partial charge in [0, 0.05) is 18.7 Å². The van der Waals surface area contributed by atoms with Gasteiger partial charge in [-0.1, -0.05) is 35.5 Å². The molecule has 0 atom stereocenters. The van der Waals surface area contributed by atoms with Gasteiger partial charge in [0.2, 0.25) is 5.91 Å². The summed E-state index contributed by atoms with van der Waals surface area (Å²) in [7, 11) is 0. The first-order chi connectivity index (χ1) is 14.4. The number of piperidine rings is 1. The Morgan fingerprint density at radius 1 is 1.17 bits per heavy atom. The van der Waals surface area contributed by atoms with Crippen molar-refractivity contribution in [3.8, 4) is 0 Å². The Hall–Kier alpha value is -2.63. The summed E-state index contributed by atoms with van der Waals surface area (Å²) in [5.41, 5.74) is 2.42. The molecule has 30 heavy (non-hydrogen) atoms. The van der Waals surface area contributed by atoms with Crippen LogP contribution >= 0.6 is 0 Å².